The summed E-state index contributed by atoms with van der Waals surface area (Å²) in [6.07, 6.45) is 1.89. The second-order valence-corrected chi connectivity index (χ2v) is 34.4. The second-order valence-electron chi connectivity index (χ2n) is 30.5. The zero-order chi connectivity index (χ0) is 80.3. The monoisotopic (exact) mass is 1620 g/mol. The number of benzene rings is 5. The topological polar surface area (TPSA) is 281 Å². The van der Waals surface area contributed by atoms with E-state index < -0.39 is 54.6 Å². The summed E-state index contributed by atoms with van der Waals surface area (Å²) in [5.74, 6) is -1.35. The zero-order valence-corrected chi connectivity index (χ0v) is 68.7. The highest BCUT2D eigenvalue weighted by Gasteiger charge is 2.48. The Kier molecular flexibility index (Phi) is 27.8. The maximum Gasteiger partial charge on any atom is 0.255 e. The Morgan fingerprint density at radius 2 is 0.876 bits per heavy atom. The van der Waals surface area contributed by atoms with Gasteiger partial charge in [0.25, 0.3) is 17.7 Å². The molecule has 592 valence electrons. The molecule has 26 heteroatoms. The van der Waals surface area contributed by atoms with Crippen LogP contribution in [0.2, 0.25) is 0 Å². The van der Waals surface area contributed by atoms with Crippen molar-refractivity contribution in [1.82, 2.24) is 44.8 Å². The highest BCUT2D eigenvalue weighted by molar-refractivity contribution is 7.80. The number of rotatable bonds is 27. The number of thiazole rings is 3. The molecule has 5 aliphatic rings. The molecule has 14 rings (SSSR count). The van der Waals surface area contributed by atoms with Crippen LogP contribution in [0.1, 0.15) is 156 Å². The number of Topliss-reactive ketones (excluding diaryl/α,β-unsaturated/α-hetero) is 3. The first-order valence-corrected chi connectivity index (χ1v) is 42.7. The Morgan fingerprint density at radius 3 is 1.24 bits per heavy atom. The molecule has 0 unspecified atom stereocenters. The molecule has 0 radical (unpaired) electrons. The highest BCUT2D eigenvalue weighted by atomic mass is 32.1. The van der Waals surface area contributed by atoms with E-state index in [1.54, 1.807) is 55.9 Å². The first-order valence-electron chi connectivity index (χ1n) is 38.6. The molecule has 6 amide bonds. The fraction of sp³-hybridized carbons (Fsp3) is 0.402. The maximum atomic E-state index is 14.1. The largest absolute Gasteiger partial charge is 0.391 e. The molecule has 0 aliphatic carbocycles. The van der Waals surface area contributed by atoms with Crippen molar-refractivity contribution in [2.45, 2.75) is 187 Å². The Balaban J connectivity index is 0.000000157. The molecule has 3 saturated heterocycles. The van der Waals surface area contributed by atoms with Gasteiger partial charge in [0.05, 0.1) is 84.7 Å². The number of carbonyl (C=O) groups excluding carboxylic acids is 9. The van der Waals surface area contributed by atoms with Crippen LogP contribution >= 0.6 is 58.0 Å². The molecule has 9 aromatic rings. The van der Waals surface area contributed by atoms with Crippen LogP contribution in [-0.2, 0) is 65.9 Å². The number of aryl methyl sites for hydroxylation is 6. The lowest BCUT2D eigenvalue weighted by atomic mass is 9.98. The van der Waals surface area contributed by atoms with E-state index in [9.17, 15) is 58.5 Å². The van der Waals surface area contributed by atoms with Crippen LogP contribution in [0.5, 0.6) is 0 Å². The summed E-state index contributed by atoms with van der Waals surface area (Å²) in [4.78, 5) is 144. The lowest BCUT2D eigenvalue weighted by Crippen LogP contribution is -2.54. The van der Waals surface area contributed by atoms with Gasteiger partial charge in [0.15, 0.2) is 17.3 Å². The molecule has 5 aliphatic heterocycles. The molecule has 0 bridgehead atoms. The number of likely N-dealkylation sites (tertiary alicyclic amines) is 3. The van der Waals surface area contributed by atoms with Gasteiger partial charge < -0.3 is 45.1 Å². The van der Waals surface area contributed by atoms with Crippen LogP contribution in [0.25, 0.3) is 31.3 Å². The van der Waals surface area contributed by atoms with Gasteiger partial charge in [-0.05, 0) is 126 Å². The summed E-state index contributed by atoms with van der Waals surface area (Å²) in [5, 5.41) is 35.8. The molecule has 113 heavy (non-hydrogen) atoms. The number of hydrogen-bond acceptors (Lipinski definition) is 20. The summed E-state index contributed by atoms with van der Waals surface area (Å²) in [6.45, 7) is 14.8. The van der Waals surface area contributed by atoms with Crippen molar-refractivity contribution < 1.29 is 58.5 Å². The summed E-state index contributed by atoms with van der Waals surface area (Å²) in [5.41, 5.74) is 17.9. The number of fused-ring (bicyclic) bond motifs is 2. The number of thiophene rings is 1. The fourth-order valence-corrected chi connectivity index (χ4v) is 19.1. The molecule has 9 heterocycles. The van der Waals surface area contributed by atoms with E-state index in [0.717, 1.165) is 87.5 Å². The number of amides is 6. The van der Waals surface area contributed by atoms with Crippen LogP contribution < -0.4 is 5.32 Å². The Hall–Kier alpha value is -9.25. The van der Waals surface area contributed by atoms with Crippen LogP contribution in [0.15, 0.2) is 155 Å². The Labute approximate surface area is 680 Å². The quantitative estimate of drug-likeness (QED) is 0.0299. The number of nitrogens with one attached hydrogen (secondary N) is 1. The van der Waals surface area contributed by atoms with E-state index in [1.807, 2.05) is 192 Å². The fourth-order valence-electron chi connectivity index (χ4n) is 15.6. The number of aliphatic hydroxyl groups is 3. The molecule has 21 nitrogen and oxygen atoms in total. The highest BCUT2D eigenvalue weighted by Crippen LogP contribution is 2.39. The number of β-amino-alcohol motifs (C(OH)–C–C–N with tert-alkyl or cyclic N) is 3. The molecule has 9 atom stereocenters. The van der Waals surface area contributed by atoms with Crippen molar-refractivity contribution in [3.8, 4) is 31.3 Å². The van der Waals surface area contributed by atoms with Crippen LogP contribution in [0.4, 0.5) is 0 Å². The van der Waals surface area contributed by atoms with Gasteiger partial charge in [-0.2, -0.15) is 12.6 Å². The standard InChI is InChI=1S/C31H29N3O4S2.C30H33N3O4S.C26H35N3O4S2/c1-19-29(40-18-32-19)21-11-8-20(9-12-21)10-13-26(36)25-15-23(35)17-33(25)31(38)28(27-7-4-14-39-27)34-16-22-5-2-3-6-24(22)30(34)37;1-18(2)27(33-15-22-6-4-5-7-24(22)29(33)36)30(37)32-16-23(34)14-25(32)26(35)13-10-20-8-11-21(12-9-20)28-19(3)31-17-38-28;1-16(2)4-11-24(32)28-21(14-34)26(33)29-13-20(30)12-22(29)23(31)10-7-18-5-8-19(9-6-18)25-17(3)27-15-35-25/h2-9,11-12,14,18,23,25,28,35H,10,13,15-17H2,1H3;4-9,11-12,17-18,23,25,27,34H,10,13-16H2,1-3H3;5-6,8-9,15-16,20-22,30,34H,4,7,10-14H2,1-3H3,(H,28,32)/t23-,25+,28+;23-,25+,27+;20-,21+,22+/m111/s1. The van der Waals surface area contributed by atoms with Gasteiger partial charge in [-0.15, -0.1) is 45.3 Å². The van der Waals surface area contributed by atoms with Gasteiger partial charge >= 0.3 is 0 Å². The number of thiol groups is 1. The van der Waals surface area contributed by atoms with Crippen molar-refractivity contribution in [3.05, 3.63) is 216 Å². The van der Waals surface area contributed by atoms with E-state index in [-0.39, 0.29) is 123 Å². The van der Waals surface area contributed by atoms with Crippen molar-refractivity contribution >= 4 is 111 Å². The third kappa shape index (κ3) is 19.8. The zero-order valence-electron chi connectivity index (χ0n) is 64.6. The molecule has 4 N–H and O–H groups in total. The number of ketones is 3. The number of nitrogens with zero attached hydrogens (tertiary/aromatic N) is 8. The maximum absolute atomic E-state index is 14.1. The Morgan fingerprint density at radius 1 is 0.487 bits per heavy atom. The van der Waals surface area contributed by atoms with Crippen molar-refractivity contribution in [2.75, 3.05) is 25.4 Å². The van der Waals surface area contributed by atoms with E-state index in [2.05, 4.69) is 32.9 Å². The van der Waals surface area contributed by atoms with Crippen molar-refractivity contribution in [2.24, 2.45) is 11.8 Å². The van der Waals surface area contributed by atoms with E-state index in [0.29, 0.717) is 55.8 Å². The molecule has 3 fully saturated rings. The second kappa shape index (κ2) is 37.8. The number of aromatic nitrogens is 3. The van der Waals surface area contributed by atoms with Gasteiger partial charge in [0.1, 0.15) is 18.1 Å². The normalized spacial score (nSPS) is 19.2. The summed E-state index contributed by atoms with van der Waals surface area (Å²) in [6, 6.07) is 38.5. The van der Waals surface area contributed by atoms with Gasteiger partial charge in [-0.25, -0.2) is 15.0 Å². The predicted octanol–water partition coefficient (Wildman–Crippen LogP) is 12.7. The molecule has 4 aromatic heterocycles. The summed E-state index contributed by atoms with van der Waals surface area (Å²) in [7, 11) is 0. The smallest absolute Gasteiger partial charge is 0.255 e. The first kappa shape index (κ1) is 83.2. The van der Waals surface area contributed by atoms with Crippen LogP contribution in [-0.4, -0.2) is 181 Å². The van der Waals surface area contributed by atoms with Crippen LogP contribution in [0.3, 0.4) is 0 Å². The summed E-state index contributed by atoms with van der Waals surface area (Å²) >= 11 is 10.5. The molecular weight excluding hydrogens is 1520 g/mol. The SMILES string of the molecule is Cc1ncsc1-c1ccc(CCC(=O)[C@@H]2C[C@@H](O)CN2C(=O)[C@H](C(C)C)N2Cc3ccccc3C2=O)cc1.Cc1ncsc1-c1ccc(CCC(=O)[C@@H]2C[C@@H](O)CN2C(=O)[C@H](CS)NC(=O)CCC(C)C)cc1.Cc1ncsc1-c1ccc(CCC(=O)[C@@H]2C[C@@H](O)CN2C(=O)[C@H](c2cccs2)N2Cc3ccccc3C2=O)cc1. The molecule has 5 aromatic carbocycles. The van der Waals surface area contributed by atoms with Gasteiger partial charge in [0.2, 0.25) is 17.7 Å². The molecular formula is C87H97N9O12S5. The van der Waals surface area contributed by atoms with Crippen LogP contribution in [0, 0.1) is 32.6 Å². The minimum atomic E-state index is -0.844. The third-order valence-electron chi connectivity index (χ3n) is 21.7. The predicted molar refractivity (Wildman–Crippen MR) is 443 cm³/mol. The average molecular weight is 1620 g/mol. The average Bonchev–Trinajstić information content (AvgIpc) is 1.58. The molecule has 0 spiro atoms. The van der Waals surface area contributed by atoms with Crippen molar-refractivity contribution in [1.29, 1.82) is 0 Å². The van der Waals surface area contributed by atoms with E-state index >= 15 is 0 Å². The first-order chi connectivity index (χ1) is 54.3. The van der Waals surface area contributed by atoms with Gasteiger partial charge in [-0.3, -0.25) is 43.2 Å². The van der Waals surface area contributed by atoms with Gasteiger partial charge in [-0.1, -0.05) is 143 Å². The number of aliphatic hydroxyl groups excluding tert-OH is 3. The Bertz CT molecular complexity index is 4870. The van der Waals surface area contributed by atoms with E-state index in [4.69, 9.17) is 0 Å². The van der Waals surface area contributed by atoms with Gasteiger partial charge in [0, 0.05) is 99.4 Å². The number of hydrogen-bond donors (Lipinski definition) is 5. The van der Waals surface area contributed by atoms with Crippen molar-refractivity contribution in [3.63, 3.8) is 0 Å². The molecule has 0 saturated carbocycles. The lowest BCUT2D eigenvalue weighted by Gasteiger charge is -2.35. The third-order valence-corrected chi connectivity index (χ3v) is 25.9. The summed E-state index contributed by atoms with van der Waals surface area (Å²) < 4.78 is 0. The minimum Gasteiger partial charge on any atom is -0.391 e. The lowest BCUT2D eigenvalue weighted by molar-refractivity contribution is -0.142. The minimum absolute atomic E-state index is 0.0594. The number of carbonyl (C=O) groups is 9. The van der Waals surface area contributed by atoms with E-state index in [1.165, 1.54) is 26.0 Å².